The lowest BCUT2D eigenvalue weighted by atomic mass is 10.1. The zero-order valence-electron chi connectivity index (χ0n) is 20.4. The van der Waals surface area contributed by atoms with E-state index in [0.29, 0.717) is 11.6 Å². The van der Waals surface area contributed by atoms with Gasteiger partial charge < -0.3 is 14.6 Å². The lowest BCUT2D eigenvalue weighted by molar-refractivity contribution is -0.297. The molecule has 0 saturated heterocycles. The van der Waals surface area contributed by atoms with Crippen molar-refractivity contribution in [3.8, 4) is 0 Å². The van der Waals surface area contributed by atoms with E-state index >= 15 is 0 Å². The molecule has 186 valence electrons. The van der Waals surface area contributed by atoms with Gasteiger partial charge in [0.25, 0.3) is 5.56 Å². The summed E-state index contributed by atoms with van der Waals surface area (Å²) in [4.78, 5) is 45.5. The molecule has 0 aromatic carbocycles. The second-order valence-corrected chi connectivity index (χ2v) is 11.2. The summed E-state index contributed by atoms with van der Waals surface area (Å²) in [6, 6.07) is 3.66. The van der Waals surface area contributed by atoms with E-state index in [1.807, 2.05) is 12.1 Å². The minimum absolute atomic E-state index is 0.0667. The van der Waals surface area contributed by atoms with Gasteiger partial charge in [0.15, 0.2) is 0 Å². The number of carbonyl (C=O) groups excluding carboxylic acids is 2. The topological polar surface area (TPSA) is 114 Å². The molecule has 0 atom stereocenters. The fourth-order valence-electron chi connectivity index (χ4n) is 3.19. The van der Waals surface area contributed by atoms with E-state index < -0.39 is 23.1 Å². The Morgan fingerprint density at radius 3 is 2.63 bits per heavy atom. The van der Waals surface area contributed by atoms with Crippen LogP contribution in [-0.4, -0.2) is 37.7 Å². The third-order valence-corrected chi connectivity index (χ3v) is 6.71. The highest BCUT2D eigenvalue weighted by molar-refractivity contribution is 7.99. The van der Waals surface area contributed by atoms with Crippen LogP contribution in [-0.2, 0) is 27.2 Å². The molecule has 3 rings (SSSR count). The first-order valence-corrected chi connectivity index (χ1v) is 13.0. The van der Waals surface area contributed by atoms with Crippen LogP contribution in [0.1, 0.15) is 62.4 Å². The highest BCUT2D eigenvalue weighted by atomic mass is 32.2. The van der Waals surface area contributed by atoms with Crippen LogP contribution in [0, 0.1) is 0 Å². The average molecular weight is 515 g/mol. The van der Waals surface area contributed by atoms with E-state index in [9.17, 15) is 19.5 Å². The van der Waals surface area contributed by atoms with E-state index in [-0.39, 0.29) is 16.3 Å². The summed E-state index contributed by atoms with van der Waals surface area (Å²) in [5, 5.41) is 14.3. The molecule has 3 heterocycles. The number of aromatic nitrogens is 3. The SMILES string of the molecule is CC(C)c1csc(CCc2ccn3c(=O)c(/C=C/C(=O)[O-])c(SCC(=O)OC(C)(C)C)nc3c2)n1. The first-order chi connectivity index (χ1) is 16.4. The number of nitrogens with zero attached hydrogens (tertiary/aromatic N) is 3. The zero-order valence-corrected chi connectivity index (χ0v) is 22.0. The Kier molecular flexibility index (Phi) is 8.50. The van der Waals surface area contributed by atoms with Gasteiger partial charge in [-0.3, -0.25) is 14.0 Å². The van der Waals surface area contributed by atoms with Crippen molar-refractivity contribution >= 4 is 46.8 Å². The van der Waals surface area contributed by atoms with Crippen LogP contribution in [0.25, 0.3) is 11.7 Å². The number of aliphatic carboxylic acids is 1. The minimum atomic E-state index is -1.43. The van der Waals surface area contributed by atoms with Crippen LogP contribution in [0.4, 0.5) is 0 Å². The molecular formula is C25H28N3O5S2-. The molecule has 0 N–H and O–H groups in total. The number of hydrogen-bond acceptors (Lipinski definition) is 9. The maximum Gasteiger partial charge on any atom is 0.316 e. The van der Waals surface area contributed by atoms with Crippen molar-refractivity contribution < 1.29 is 19.4 Å². The molecule has 0 unspecified atom stereocenters. The lowest BCUT2D eigenvalue weighted by Gasteiger charge is -2.19. The quantitative estimate of drug-likeness (QED) is 0.185. The molecule has 8 nitrogen and oxygen atoms in total. The van der Waals surface area contributed by atoms with Gasteiger partial charge in [-0.2, -0.15) is 0 Å². The second kappa shape index (κ2) is 11.2. The van der Waals surface area contributed by atoms with Crippen molar-refractivity contribution in [3.05, 3.63) is 62.0 Å². The molecule has 0 amide bonds. The fraction of sp³-hybridized carbons (Fsp3) is 0.400. The molecule has 0 aliphatic carbocycles. The van der Waals surface area contributed by atoms with E-state index in [1.54, 1.807) is 38.3 Å². The number of aryl methyl sites for hydroxylation is 2. The monoisotopic (exact) mass is 514 g/mol. The molecule has 3 aromatic rings. The molecule has 0 spiro atoms. The van der Waals surface area contributed by atoms with Crippen LogP contribution in [0.15, 0.2) is 39.6 Å². The standard InChI is InChI=1S/C25H29N3O5S2/c1-15(2)18-13-34-20(26-18)8-6-16-10-11-28-19(12-16)27-23(17(24(28)32)7-9-21(29)30)35-14-22(31)33-25(3,4)5/h7,9-13,15H,6,8,14H2,1-5H3,(H,29,30)/p-1/b9-7+. The highest BCUT2D eigenvalue weighted by Gasteiger charge is 2.19. The molecule has 3 aromatic heterocycles. The minimum Gasteiger partial charge on any atom is -0.545 e. The van der Waals surface area contributed by atoms with Crippen molar-refractivity contribution in [2.45, 2.75) is 64.0 Å². The summed E-state index contributed by atoms with van der Waals surface area (Å²) < 4.78 is 6.68. The molecular weight excluding hydrogens is 486 g/mol. The zero-order chi connectivity index (χ0) is 25.8. The smallest absolute Gasteiger partial charge is 0.316 e. The summed E-state index contributed by atoms with van der Waals surface area (Å²) >= 11 is 2.66. The Hall–Kier alpha value is -2.98. The van der Waals surface area contributed by atoms with Crippen molar-refractivity contribution in [1.82, 2.24) is 14.4 Å². The van der Waals surface area contributed by atoms with E-state index in [2.05, 4.69) is 29.2 Å². The number of pyridine rings is 1. The number of ether oxygens (including phenoxy) is 1. The first-order valence-electron chi connectivity index (χ1n) is 11.2. The van der Waals surface area contributed by atoms with Crippen LogP contribution in [0.5, 0.6) is 0 Å². The van der Waals surface area contributed by atoms with Crippen molar-refractivity contribution in [2.75, 3.05) is 5.75 Å². The van der Waals surface area contributed by atoms with E-state index in [1.165, 1.54) is 4.40 Å². The van der Waals surface area contributed by atoms with Gasteiger partial charge in [0.05, 0.1) is 28.0 Å². The number of thioether (sulfide) groups is 1. The van der Waals surface area contributed by atoms with Gasteiger partial charge in [-0.1, -0.05) is 25.6 Å². The van der Waals surface area contributed by atoms with Gasteiger partial charge in [-0.15, -0.1) is 11.3 Å². The van der Waals surface area contributed by atoms with Crippen LogP contribution < -0.4 is 10.7 Å². The highest BCUT2D eigenvalue weighted by Crippen LogP contribution is 2.23. The molecule has 10 heteroatoms. The number of carbonyl (C=O) groups is 2. The molecule has 0 bridgehead atoms. The van der Waals surface area contributed by atoms with Gasteiger partial charge in [-0.25, -0.2) is 9.97 Å². The predicted octanol–water partition coefficient (Wildman–Crippen LogP) is 3.26. The number of carboxylic acid groups (broad SMARTS) is 1. The van der Waals surface area contributed by atoms with E-state index in [0.717, 1.165) is 53.0 Å². The molecule has 0 fully saturated rings. The summed E-state index contributed by atoms with van der Waals surface area (Å²) in [6.45, 7) is 9.52. The molecule has 0 radical (unpaired) electrons. The Labute approximate surface area is 212 Å². The normalized spacial score (nSPS) is 12.1. The van der Waals surface area contributed by atoms with Gasteiger partial charge in [0, 0.05) is 18.0 Å². The molecule has 0 aliphatic heterocycles. The lowest BCUT2D eigenvalue weighted by Crippen LogP contribution is -2.25. The number of thiazole rings is 1. The van der Waals surface area contributed by atoms with Crippen molar-refractivity contribution in [2.24, 2.45) is 0 Å². The number of hydrogen-bond donors (Lipinski definition) is 0. The third kappa shape index (κ3) is 7.50. The second-order valence-electron chi connectivity index (χ2n) is 9.25. The van der Waals surface area contributed by atoms with Crippen LogP contribution in [0.2, 0.25) is 0 Å². The number of esters is 1. The molecule has 0 aliphatic rings. The number of rotatable bonds is 9. The maximum absolute atomic E-state index is 13.1. The van der Waals surface area contributed by atoms with Crippen molar-refractivity contribution in [1.29, 1.82) is 0 Å². The van der Waals surface area contributed by atoms with Gasteiger partial charge in [0.2, 0.25) is 0 Å². The van der Waals surface area contributed by atoms with Gasteiger partial charge in [-0.05, 0) is 63.0 Å². The first kappa shape index (κ1) is 26.6. The van der Waals surface area contributed by atoms with Gasteiger partial charge >= 0.3 is 5.97 Å². The Balaban J connectivity index is 1.89. The van der Waals surface area contributed by atoms with Crippen molar-refractivity contribution in [3.63, 3.8) is 0 Å². The summed E-state index contributed by atoms with van der Waals surface area (Å²) in [5.41, 5.74) is 1.46. The average Bonchev–Trinajstić information content (AvgIpc) is 3.24. The Morgan fingerprint density at radius 2 is 2.00 bits per heavy atom. The fourth-order valence-corrected chi connectivity index (χ4v) is 4.93. The maximum atomic E-state index is 13.1. The van der Waals surface area contributed by atoms with Gasteiger partial charge in [0.1, 0.15) is 16.3 Å². The summed E-state index contributed by atoms with van der Waals surface area (Å²) in [7, 11) is 0. The summed E-state index contributed by atoms with van der Waals surface area (Å²) in [6.07, 6.45) is 5.04. The number of fused-ring (bicyclic) bond motifs is 1. The van der Waals surface area contributed by atoms with E-state index in [4.69, 9.17) is 4.74 Å². The molecule has 35 heavy (non-hydrogen) atoms. The number of carboxylic acids is 1. The Morgan fingerprint density at radius 1 is 1.26 bits per heavy atom. The molecule has 0 saturated carbocycles. The predicted molar refractivity (Wildman–Crippen MR) is 136 cm³/mol. The summed E-state index contributed by atoms with van der Waals surface area (Å²) in [5.74, 6) is -1.59. The van der Waals surface area contributed by atoms with Crippen LogP contribution >= 0.6 is 23.1 Å². The Bertz CT molecular complexity index is 1320. The third-order valence-electron chi connectivity index (χ3n) is 4.82. The van der Waals surface area contributed by atoms with Crippen LogP contribution in [0.3, 0.4) is 0 Å². The largest absolute Gasteiger partial charge is 0.545 e.